The minimum Gasteiger partial charge on any atom is -0.224 e. The van der Waals surface area contributed by atoms with Gasteiger partial charge in [-0.1, -0.05) is 49.5 Å². The maximum atomic E-state index is 11.1. The molecule has 0 aliphatic heterocycles. The van der Waals surface area contributed by atoms with Crippen LogP contribution in [0.5, 0.6) is 0 Å². The molecule has 0 saturated heterocycles. The summed E-state index contributed by atoms with van der Waals surface area (Å²) in [5.41, 5.74) is 0. The highest BCUT2D eigenvalue weighted by molar-refractivity contribution is 7.91. The van der Waals surface area contributed by atoms with Gasteiger partial charge in [-0.2, -0.15) is 0 Å². The molecule has 0 N–H and O–H groups in total. The van der Waals surface area contributed by atoms with Crippen LogP contribution in [0.15, 0.2) is 23.1 Å². The smallest absolute Gasteiger partial charge is 0.178 e. The molecule has 0 bridgehead atoms. The summed E-state index contributed by atoms with van der Waals surface area (Å²) in [6, 6.07) is 4.58. The second-order valence-corrected chi connectivity index (χ2v) is 5.80. The molecule has 0 aliphatic carbocycles. The zero-order valence-electron chi connectivity index (χ0n) is 8.92. The molecule has 0 aromatic heterocycles. The summed E-state index contributed by atoms with van der Waals surface area (Å²) in [6.45, 7) is 4.25. The van der Waals surface area contributed by atoms with Crippen LogP contribution in [-0.4, -0.2) is 14.7 Å². The molecule has 0 unspecified atom stereocenters. The molecule has 0 aliphatic rings. The van der Waals surface area contributed by atoms with Crippen LogP contribution < -0.4 is 0 Å². The number of hydrogen-bond donors (Lipinski definition) is 0. The van der Waals surface area contributed by atoms with Gasteiger partial charge in [-0.15, -0.1) is 0 Å². The number of halogens is 2. The van der Waals surface area contributed by atoms with Crippen molar-refractivity contribution in [3.05, 3.63) is 28.2 Å². The monoisotopic (exact) mass is 268 g/mol. The summed E-state index contributed by atoms with van der Waals surface area (Å²) < 4.78 is 22.2. The molecule has 0 amide bonds. The van der Waals surface area contributed by atoms with Crippen molar-refractivity contribution in [3.63, 3.8) is 0 Å². The van der Waals surface area contributed by atoms with Crippen LogP contribution in [0, 0.1) is 0 Å². The summed E-state index contributed by atoms with van der Waals surface area (Å²) in [5, 5.41) is 0.315. The topological polar surface area (TPSA) is 34.1 Å². The fraction of sp³-hybridized carbons (Fsp3) is 0.400. The van der Waals surface area contributed by atoms with E-state index in [2.05, 4.69) is 13.8 Å². The van der Waals surface area contributed by atoms with E-state index in [4.69, 9.17) is 23.2 Å². The van der Waals surface area contributed by atoms with Gasteiger partial charge in [0.2, 0.25) is 0 Å². The predicted molar refractivity (Wildman–Crippen MR) is 65.5 cm³/mol. The van der Waals surface area contributed by atoms with E-state index in [1.165, 1.54) is 18.6 Å². The quantitative estimate of drug-likeness (QED) is 0.776. The standard InChI is InChI=1S/C7H6Cl2O2S.C3H8/c1-12(10,11)7-5(8)3-2-4-6(7)9;1-3-2/h2-4H,1H3;3H2,1-2H3. The minimum absolute atomic E-state index is 0.00617. The van der Waals surface area contributed by atoms with Crippen LogP contribution in [0.2, 0.25) is 10.0 Å². The molecule has 1 aromatic carbocycles. The van der Waals surface area contributed by atoms with E-state index < -0.39 is 9.84 Å². The van der Waals surface area contributed by atoms with Crippen molar-refractivity contribution >= 4 is 33.0 Å². The van der Waals surface area contributed by atoms with Gasteiger partial charge in [-0.05, 0) is 12.1 Å². The lowest BCUT2D eigenvalue weighted by atomic mass is 10.4. The predicted octanol–water partition coefficient (Wildman–Crippen LogP) is 3.81. The number of benzene rings is 1. The summed E-state index contributed by atoms with van der Waals surface area (Å²) >= 11 is 11.3. The lowest BCUT2D eigenvalue weighted by Gasteiger charge is -2.02. The molecule has 1 aromatic rings. The zero-order chi connectivity index (χ0) is 12.1. The van der Waals surface area contributed by atoms with Gasteiger partial charge >= 0.3 is 0 Å². The van der Waals surface area contributed by atoms with Crippen molar-refractivity contribution in [3.8, 4) is 0 Å². The molecule has 0 radical (unpaired) electrons. The van der Waals surface area contributed by atoms with Crippen LogP contribution in [0.4, 0.5) is 0 Å². The summed E-state index contributed by atoms with van der Waals surface area (Å²) in [4.78, 5) is -0.00617. The first-order valence-electron chi connectivity index (χ1n) is 4.48. The van der Waals surface area contributed by atoms with Gasteiger partial charge in [0.1, 0.15) is 4.90 Å². The van der Waals surface area contributed by atoms with E-state index in [1.54, 1.807) is 6.07 Å². The van der Waals surface area contributed by atoms with E-state index >= 15 is 0 Å². The first kappa shape index (κ1) is 14.8. The molecule has 1 rings (SSSR count). The highest BCUT2D eigenvalue weighted by Gasteiger charge is 2.15. The van der Waals surface area contributed by atoms with Crippen molar-refractivity contribution in [1.29, 1.82) is 0 Å². The third-order valence-electron chi connectivity index (χ3n) is 1.29. The van der Waals surface area contributed by atoms with Gasteiger partial charge in [0.05, 0.1) is 10.0 Å². The van der Waals surface area contributed by atoms with Crippen molar-refractivity contribution < 1.29 is 8.42 Å². The van der Waals surface area contributed by atoms with E-state index in [0.29, 0.717) is 0 Å². The molecule has 0 spiro atoms. The van der Waals surface area contributed by atoms with Gasteiger partial charge in [0.15, 0.2) is 9.84 Å². The Balaban J connectivity index is 0.000000583. The van der Waals surface area contributed by atoms with Crippen molar-refractivity contribution in [2.45, 2.75) is 25.2 Å². The highest BCUT2D eigenvalue weighted by atomic mass is 35.5. The summed E-state index contributed by atoms with van der Waals surface area (Å²) in [5.74, 6) is 0. The molecule has 0 heterocycles. The van der Waals surface area contributed by atoms with E-state index in [0.717, 1.165) is 6.26 Å². The van der Waals surface area contributed by atoms with E-state index in [1.807, 2.05) is 0 Å². The molecule has 0 fully saturated rings. The van der Waals surface area contributed by atoms with Crippen LogP contribution >= 0.6 is 23.2 Å². The van der Waals surface area contributed by atoms with Gasteiger partial charge < -0.3 is 0 Å². The van der Waals surface area contributed by atoms with Gasteiger partial charge in [0, 0.05) is 6.26 Å². The Morgan fingerprint density at radius 2 is 1.47 bits per heavy atom. The van der Waals surface area contributed by atoms with Crippen LogP contribution in [-0.2, 0) is 9.84 Å². The first-order valence-corrected chi connectivity index (χ1v) is 7.13. The second kappa shape index (κ2) is 6.36. The highest BCUT2D eigenvalue weighted by Crippen LogP contribution is 2.28. The Morgan fingerprint density at radius 1 is 1.13 bits per heavy atom. The molecule has 86 valence electrons. The molecular weight excluding hydrogens is 255 g/mol. The lowest BCUT2D eigenvalue weighted by molar-refractivity contribution is 0.602. The molecule has 5 heteroatoms. The SMILES string of the molecule is CCC.CS(=O)(=O)c1c(Cl)cccc1Cl. The summed E-state index contributed by atoms with van der Waals surface area (Å²) in [6.07, 6.45) is 2.32. The van der Waals surface area contributed by atoms with Gasteiger partial charge in [0.25, 0.3) is 0 Å². The number of rotatable bonds is 1. The van der Waals surface area contributed by atoms with Crippen molar-refractivity contribution in [2.75, 3.05) is 6.26 Å². The molecule has 0 saturated carbocycles. The Hall–Kier alpha value is -0.250. The first-order chi connectivity index (χ1) is 6.84. The minimum atomic E-state index is -3.33. The Morgan fingerprint density at radius 3 is 1.67 bits per heavy atom. The van der Waals surface area contributed by atoms with Crippen molar-refractivity contribution in [1.82, 2.24) is 0 Å². The van der Waals surface area contributed by atoms with E-state index in [9.17, 15) is 8.42 Å². The average molecular weight is 269 g/mol. The fourth-order valence-electron chi connectivity index (χ4n) is 0.837. The second-order valence-electron chi connectivity index (χ2n) is 3.03. The zero-order valence-corrected chi connectivity index (χ0v) is 11.2. The molecule has 15 heavy (non-hydrogen) atoms. The molecular formula is C10H14Cl2O2S. The lowest BCUT2D eigenvalue weighted by Crippen LogP contribution is -1.98. The van der Waals surface area contributed by atoms with Crippen LogP contribution in [0.3, 0.4) is 0 Å². The maximum absolute atomic E-state index is 11.1. The van der Waals surface area contributed by atoms with E-state index in [-0.39, 0.29) is 14.9 Å². The normalized spacial score (nSPS) is 10.5. The molecule has 0 atom stereocenters. The average Bonchev–Trinajstić information content (AvgIpc) is 2.02. The van der Waals surface area contributed by atoms with Crippen LogP contribution in [0.1, 0.15) is 20.3 Å². The summed E-state index contributed by atoms with van der Waals surface area (Å²) in [7, 11) is -3.33. The fourth-order valence-corrected chi connectivity index (χ4v) is 2.92. The largest absolute Gasteiger partial charge is 0.224 e. The van der Waals surface area contributed by atoms with Crippen LogP contribution in [0.25, 0.3) is 0 Å². The Bertz CT molecular complexity index is 393. The Kier molecular flexibility index (Phi) is 6.25. The maximum Gasteiger partial charge on any atom is 0.178 e. The van der Waals surface area contributed by atoms with Gasteiger partial charge in [-0.25, -0.2) is 8.42 Å². The number of sulfone groups is 1. The molecule has 2 nitrogen and oxygen atoms in total. The Labute approximate surface area is 101 Å². The third kappa shape index (κ3) is 4.87. The third-order valence-corrected chi connectivity index (χ3v) is 3.33. The van der Waals surface area contributed by atoms with Crippen molar-refractivity contribution in [2.24, 2.45) is 0 Å². The van der Waals surface area contributed by atoms with Gasteiger partial charge in [-0.3, -0.25) is 0 Å². The number of hydrogen-bond acceptors (Lipinski definition) is 2.